The van der Waals surface area contributed by atoms with Crippen molar-refractivity contribution in [2.75, 3.05) is 13.3 Å². The van der Waals surface area contributed by atoms with Gasteiger partial charge < -0.3 is 20.1 Å². The normalized spacial score (nSPS) is 12.5. The number of hydrogen-bond donors (Lipinski definition) is 2. The van der Waals surface area contributed by atoms with Gasteiger partial charge in [-0.05, 0) is 36.1 Å². The molecule has 1 aliphatic heterocycles. The summed E-state index contributed by atoms with van der Waals surface area (Å²) in [7, 11) is 0. The summed E-state index contributed by atoms with van der Waals surface area (Å²) in [5.41, 5.74) is 2.07. The molecule has 0 amide bonds. The van der Waals surface area contributed by atoms with Gasteiger partial charge in [0.15, 0.2) is 17.5 Å². The average molecular weight is 490 g/mol. The standard InChI is InChI=1S/C21H22N4O2.HI/c1-2-22-21(24-12-15-7-8-19-20(11-15)27-14-26-19)25-13-18-17-6-4-3-5-16(17)9-10-23-18;/h3-11H,2,12-14H2,1H3,(H2,22,24,25);1H. The van der Waals surface area contributed by atoms with Crippen LogP contribution < -0.4 is 20.1 Å². The Morgan fingerprint density at radius 2 is 1.93 bits per heavy atom. The van der Waals surface area contributed by atoms with E-state index in [1.807, 2.05) is 49.5 Å². The summed E-state index contributed by atoms with van der Waals surface area (Å²) in [5, 5.41) is 8.99. The Kier molecular flexibility index (Phi) is 6.91. The summed E-state index contributed by atoms with van der Waals surface area (Å²) in [4.78, 5) is 9.20. The lowest BCUT2D eigenvalue weighted by atomic mass is 10.1. The number of halogens is 1. The lowest BCUT2D eigenvalue weighted by Crippen LogP contribution is -2.37. The summed E-state index contributed by atoms with van der Waals surface area (Å²) in [5.74, 6) is 2.32. The molecule has 28 heavy (non-hydrogen) atoms. The third kappa shape index (κ3) is 4.64. The first-order valence-electron chi connectivity index (χ1n) is 9.07. The molecule has 4 rings (SSSR count). The molecule has 0 unspecified atom stereocenters. The van der Waals surface area contributed by atoms with Gasteiger partial charge >= 0.3 is 0 Å². The minimum absolute atomic E-state index is 0. The third-order valence-corrected chi connectivity index (χ3v) is 4.38. The molecule has 2 heterocycles. The van der Waals surface area contributed by atoms with Crippen LogP contribution in [0, 0.1) is 0 Å². The fraction of sp³-hybridized carbons (Fsp3) is 0.238. The minimum atomic E-state index is 0. The van der Waals surface area contributed by atoms with Gasteiger partial charge in [0.2, 0.25) is 6.79 Å². The zero-order chi connectivity index (χ0) is 18.5. The smallest absolute Gasteiger partial charge is 0.231 e. The van der Waals surface area contributed by atoms with E-state index < -0.39 is 0 Å². The van der Waals surface area contributed by atoms with Gasteiger partial charge in [0.1, 0.15) is 0 Å². The van der Waals surface area contributed by atoms with Gasteiger partial charge in [-0.15, -0.1) is 24.0 Å². The number of fused-ring (bicyclic) bond motifs is 2. The summed E-state index contributed by atoms with van der Waals surface area (Å²) in [6.45, 7) is 4.28. The number of benzene rings is 2. The summed E-state index contributed by atoms with van der Waals surface area (Å²) in [6, 6.07) is 16.2. The molecule has 146 valence electrons. The number of rotatable bonds is 5. The monoisotopic (exact) mass is 490 g/mol. The molecule has 2 N–H and O–H groups in total. The maximum atomic E-state index is 5.43. The highest BCUT2D eigenvalue weighted by Crippen LogP contribution is 2.32. The van der Waals surface area contributed by atoms with Crippen molar-refractivity contribution in [2.45, 2.75) is 20.0 Å². The molecule has 1 aliphatic rings. The van der Waals surface area contributed by atoms with Gasteiger partial charge in [-0.25, -0.2) is 4.99 Å². The molecule has 0 atom stereocenters. The maximum absolute atomic E-state index is 5.43. The molecule has 0 spiro atoms. The van der Waals surface area contributed by atoms with Crippen LogP contribution in [0.25, 0.3) is 10.8 Å². The number of ether oxygens (including phenoxy) is 2. The quantitative estimate of drug-likeness (QED) is 0.323. The van der Waals surface area contributed by atoms with Gasteiger partial charge in [-0.2, -0.15) is 0 Å². The van der Waals surface area contributed by atoms with E-state index >= 15 is 0 Å². The van der Waals surface area contributed by atoms with Gasteiger partial charge in [0.05, 0.1) is 18.8 Å². The van der Waals surface area contributed by atoms with Crippen molar-refractivity contribution in [3.63, 3.8) is 0 Å². The lowest BCUT2D eigenvalue weighted by molar-refractivity contribution is 0.174. The van der Waals surface area contributed by atoms with E-state index in [1.54, 1.807) is 0 Å². The molecular formula is C21H23IN4O2. The van der Waals surface area contributed by atoms with Crippen LogP contribution in [0.5, 0.6) is 11.5 Å². The third-order valence-electron chi connectivity index (χ3n) is 4.38. The van der Waals surface area contributed by atoms with E-state index in [2.05, 4.69) is 32.7 Å². The Morgan fingerprint density at radius 3 is 2.82 bits per heavy atom. The van der Waals surface area contributed by atoms with Gasteiger partial charge in [0.25, 0.3) is 0 Å². The van der Waals surface area contributed by atoms with Crippen LogP contribution >= 0.6 is 24.0 Å². The second-order valence-corrected chi connectivity index (χ2v) is 6.22. The van der Waals surface area contributed by atoms with E-state index in [0.717, 1.165) is 40.6 Å². The molecule has 0 saturated carbocycles. The number of nitrogens with one attached hydrogen (secondary N) is 2. The fourth-order valence-electron chi connectivity index (χ4n) is 3.04. The first-order valence-corrected chi connectivity index (χ1v) is 9.07. The summed E-state index contributed by atoms with van der Waals surface area (Å²) in [6.07, 6.45) is 1.84. The van der Waals surface area contributed by atoms with Crippen LogP contribution in [0.1, 0.15) is 18.2 Å². The molecule has 7 heteroatoms. The molecule has 2 aromatic carbocycles. The van der Waals surface area contributed by atoms with Crippen molar-refractivity contribution >= 4 is 40.7 Å². The van der Waals surface area contributed by atoms with Crippen LogP contribution in [0.2, 0.25) is 0 Å². The van der Waals surface area contributed by atoms with Crippen LogP contribution in [0.3, 0.4) is 0 Å². The second-order valence-electron chi connectivity index (χ2n) is 6.22. The van der Waals surface area contributed by atoms with Gasteiger partial charge in [0, 0.05) is 18.1 Å². The van der Waals surface area contributed by atoms with Crippen LogP contribution in [-0.2, 0) is 13.1 Å². The molecule has 0 aliphatic carbocycles. The molecular weight excluding hydrogens is 467 g/mol. The van der Waals surface area contributed by atoms with E-state index in [-0.39, 0.29) is 30.8 Å². The molecule has 6 nitrogen and oxygen atoms in total. The number of nitrogens with zero attached hydrogens (tertiary/aromatic N) is 2. The lowest BCUT2D eigenvalue weighted by Gasteiger charge is -2.12. The minimum Gasteiger partial charge on any atom is -0.454 e. The number of pyridine rings is 1. The van der Waals surface area contributed by atoms with Crippen molar-refractivity contribution in [3.05, 3.63) is 66.0 Å². The Labute approximate surface area is 181 Å². The van der Waals surface area contributed by atoms with E-state index in [4.69, 9.17) is 9.47 Å². The van der Waals surface area contributed by atoms with Gasteiger partial charge in [-0.3, -0.25) is 4.98 Å². The predicted molar refractivity (Wildman–Crippen MR) is 121 cm³/mol. The molecule has 0 radical (unpaired) electrons. The zero-order valence-corrected chi connectivity index (χ0v) is 18.0. The number of aromatic nitrogens is 1. The van der Waals surface area contributed by atoms with Crippen LogP contribution in [0.15, 0.2) is 59.7 Å². The van der Waals surface area contributed by atoms with Crippen molar-refractivity contribution in [1.82, 2.24) is 15.6 Å². The highest BCUT2D eigenvalue weighted by atomic mass is 127. The van der Waals surface area contributed by atoms with E-state index in [1.165, 1.54) is 5.39 Å². The molecule has 3 aromatic rings. The second kappa shape index (κ2) is 9.59. The van der Waals surface area contributed by atoms with Crippen molar-refractivity contribution in [3.8, 4) is 11.5 Å². The summed E-state index contributed by atoms with van der Waals surface area (Å²) >= 11 is 0. The topological polar surface area (TPSA) is 67.8 Å². The predicted octanol–water partition coefficient (Wildman–Crippen LogP) is 3.84. The number of hydrogen-bond acceptors (Lipinski definition) is 4. The van der Waals surface area contributed by atoms with Crippen LogP contribution in [-0.4, -0.2) is 24.3 Å². The number of guanidine groups is 1. The molecule has 0 bridgehead atoms. The van der Waals surface area contributed by atoms with Crippen molar-refractivity contribution in [1.29, 1.82) is 0 Å². The maximum Gasteiger partial charge on any atom is 0.231 e. The average Bonchev–Trinajstić information content (AvgIpc) is 3.18. The molecule has 0 saturated heterocycles. The Balaban J connectivity index is 0.00000225. The highest BCUT2D eigenvalue weighted by molar-refractivity contribution is 14.0. The largest absolute Gasteiger partial charge is 0.454 e. The highest BCUT2D eigenvalue weighted by Gasteiger charge is 2.13. The fourth-order valence-corrected chi connectivity index (χ4v) is 3.04. The van der Waals surface area contributed by atoms with E-state index in [9.17, 15) is 0 Å². The van der Waals surface area contributed by atoms with Crippen molar-refractivity contribution < 1.29 is 9.47 Å². The first-order chi connectivity index (χ1) is 13.3. The number of aliphatic imine (C=N–C) groups is 1. The van der Waals surface area contributed by atoms with Crippen LogP contribution in [0.4, 0.5) is 0 Å². The zero-order valence-electron chi connectivity index (χ0n) is 15.6. The summed E-state index contributed by atoms with van der Waals surface area (Å²) < 4.78 is 10.8. The molecule has 0 fully saturated rings. The van der Waals surface area contributed by atoms with E-state index in [0.29, 0.717) is 13.1 Å². The Morgan fingerprint density at radius 1 is 1.07 bits per heavy atom. The Hall–Kier alpha value is -2.55. The Bertz CT molecular complexity index is 972. The molecule has 1 aromatic heterocycles. The van der Waals surface area contributed by atoms with Gasteiger partial charge in [-0.1, -0.05) is 30.3 Å². The van der Waals surface area contributed by atoms with Crippen molar-refractivity contribution in [2.24, 2.45) is 4.99 Å². The first kappa shape index (κ1) is 20.2. The SMILES string of the molecule is CCNC(=NCc1ccc2c(c1)OCO2)NCc1nccc2ccccc12.I.